The molecule has 0 saturated heterocycles. The van der Waals surface area contributed by atoms with Crippen molar-refractivity contribution in [3.05, 3.63) is 53.6 Å². The maximum atomic E-state index is 14.0. The number of fused-ring (bicyclic) bond motifs is 1. The first kappa shape index (κ1) is 18.4. The summed E-state index contributed by atoms with van der Waals surface area (Å²) in [5.74, 6) is -1.45. The van der Waals surface area contributed by atoms with E-state index in [9.17, 15) is 13.6 Å². The number of amides is 2. The average molecular weight is 395 g/mol. The van der Waals surface area contributed by atoms with Gasteiger partial charge in [0.1, 0.15) is 5.82 Å². The lowest BCUT2D eigenvalue weighted by Crippen LogP contribution is -2.33. The molecule has 1 aromatic heterocycles. The minimum atomic E-state index is -0.751. The van der Waals surface area contributed by atoms with E-state index in [0.717, 1.165) is 28.2 Å². The van der Waals surface area contributed by atoms with E-state index in [1.165, 1.54) is 24.5 Å². The Balaban J connectivity index is 1.50. The number of aromatic nitrogens is 1. The topological polar surface area (TPSA) is 63.2 Å². The molecule has 3 rings (SSSR count). The smallest absolute Gasteiger partial charge is 0.325 e. The quantitative estimate of drug-likeness (QED) is 0.616. The predicted molar refractivity (Wildman–Crippen MR) is 98.6 cm³/mol. The lowest BCUT2D eigenvalue weighted by Gasteiger charge is -2.09. The fraction of sp³-hybridized carbons (Fsp3) is 0.176. The molecule has 136 valence electrons. The van der Waals surface area contributed by atoms with E-state index in [4.69, 9.17) is 4.74 Å². The van der Waals surface area contributed by atoms with Gasteiger partial charge < -0.3 is 10.1 Å². The van der Waals surface area contributed by atoms with Crippen LogP contribution in [0.2, 0.25) is 0 Å². The largest absolute Gasteiger partial charge is 0.494 e. The summed E-state index contributed by atoms with van der Waals surface area (Å²) in [6.07, 6.45) is 0.00803. The third kappa shape index (κ3) is 4.23. The number of thiazole rings is 1. The van der Waals surface area contributed by atoms with E-state index in [2.05, 4.69) is 15.0 Å². The van der Waals surface area contributed by atoms with Gasteiger partial charge in [0.2, 0.25) is 0 Å². The molecule has 0 unspecified atom stereocenters. The molecule has 0 radical (unpaired) electrons. The summed E-state index contributed by atoms with van der Waals surface area (Å²) in [6.45, 7) is 0.0766. The Labute approximate surface area is 156 Å². The molecule has 1 heterocycles. The van der Waals surface area contributed by atoms with Gasteiger partial charge in [-0.05, 0) is 30.7 Å². The monoisotopic (exact) mass is 395 g/mol. The highest BCUT2D eigenvalue weighted by Gasteiger charge is 2.14. The van der Waals surface area contributed by atoms with Crippen molar-refractivity contribution in [2.75, 3.05) is 13.7 Å². The van der Waals surface area contributed by atoms with E-state index in [1.54, 1.807) is 0 Å². The molecule has 0 spiro atoms. The zero-order chi connectivity index (χ0) is 18.5. The van der Waals surface area contributed by atoms with Gasteiger partial charge in [-0.25, -0.2) is 18.6 Å². The molecule has 0 saturated carbocycles. The van der Waals surface area contributed by atoms with Gasteiger partial charge in [-0.15, -0.1) is 11.3 Å². The van der Waals surface area contributed by atoms with Gasteiger partial charge in [0.15, 0.2) is 15.9 Å². The SMILES string of the molecule is COc1ccc(F)c(CCNC(=O)NSc2nc3ccccc3s2)c1F. The molecule has 3 aromatic rings. The molecule has 9 heteroatoms. The van der Waals surface area contributed by atoms with Crippen molar-refractivity contribution in [1.29, 1.82) is 0 Å². The van der Waals surface area contributed by atoms with Crippen LogP contribution in [0.1, 0.15) is 5.56 Å². The summed E-state index contributed by atoms with van der Waals surface area (Å²) in [5, 5.41) is 2.56. The average Bonchev–Trinajstić information content (AvgIpc) is 3.06. The molecule has 0 bridgehead atoms. The number of ether oxygens (including phenoxy) is 1. The third-order valence-electron chi connectivity index (χ3n) is 3.54. The van der Waals surface area contributed by atoms with Crippen LogP contribution in [0.5, 0.6) is 5.75 Å². The van der Waals surface area contributed by atoms with E-state index < -0.39 is 17.7 Å². The lowest BCUT2D eigenvalue weighted by molar-refractivity contribution is 0.246. The molecular formula is C17H15F2N3O2S2. The van der Waals surface area contributed by atoms with Crippen molar-refractivity contribution in [2.45, 2.75) is 10.8 Å². The summed E-state index contributed by atoms with van der Waals surface area (Å²) in [5.41, 5.74) is 0.745. The van der Waals surface area contributed by atoms with Gasteiger partial charge in [0, 0.05) is 24.1 Å². The van der Waals surface area contributed by atoms with Gasteiger partial charge >= 0.3 is 6.03 Å². The first-order valence-electron chi connectivity index (χ1n) is 7.65. The molecule has 0 atom stereocenters. The molecule has 5 nitrogen and oxygen atoms in total. The van der Waals surface area contributed by atoms with Crippen molar-refractivity contribution in [3.8, 4) is 5.75 Å². The van der Waals surface area contributed by atoms with E-state index in [0.29, 0.717) is 4.34 Å². The Morgan fingerprint density at radius 2 is 2.08 bits per heavy atom. The summed E-state index contributed by atoms with van der Waals surface area (Å²) >= 11 is 2.55. The van der Waals surface area contributed by atoms with Crippen LogP contribution < -0.4 is 14.8 Å². The van der Waals surface area contributed by atoms with Crippen LogP contribution >= 0.6 is 23.3 Å². The molecule has 2 N–H and O–H groups in total. The number of para-hydroxylation sites is 1. The Hall–Kier alpha value is -2.39. The highest BCUT2D eigenvalue weighted by atomic mass is 32.2. The zero-order valence-electron chi connectivity index (χ0n) is 13.7. The summed E-state index contributed by atoms with van der Waals surface area (Å²) in [7, 11) is 1.31. The number of carbonyl (C=O) groups is 1. The maximum absolute atomic E-state index is 14.0. The number of rotatable bonds is 6. The molecular weight excluding hydrogens is 380 g/mol. The lowest BCUT2D eigenvalue weighted by atomic mass is 10.1. The van der Waals surface area contributed by atoms with Crippen LogP contribution in [-0.2, 0) is 6.42 Å². The van der Waals surface area contributed by atoms with Crippen LogP contribution in [0, 0.1) is 11.6 Å². The highest BCUT2D eigenvalue weighted by molar-refractivity contribution is 7.99. The van der Waals surface area contributed by atoms with E-state index >= 15 is 0 Å². The Kier molecular flexibility index (Phi) is 5.89. The minimum absolute atomic E-state index is 0.00803. The second-order valence-corrected chi connectivity index (χ2v) is 7.28. The van der Waals surface area contributed by atoms with Crippen LogP contribution in [-0.4, -0.2) is 24.7 Å². The number of hydrogen-bond acceptors (Lipinski definition) is 5. The molecule has 0 aliphatic heterocycles. The number of carbonyl (C=O) groups excluding carboxylic acids is 1. The van der Waals surface area contributed by atoms with Crippen LogP contribution in [0.4, 0.5) is 13.6 Å². The van der Waals surface area contributed by atoms with Crippen molar-refractivity contribution in [3.63, 3.8) is 0 Å². The Morgan fingerprint density at radius 1 is 1.27 bits per heavy atom. The molecule has 0 fully saturated rings. The predicted octanol–water partition coefficient (Wildman–Crippen LogP) is 4.13. The van der Waals surface area contributed by atoms with Gasteiger partial charge in [0.25, 0.3) is 0 Å². The van der Waals surface area contributed by atoms with Crippen molar-refractivity contribution in [1.82, 2.24) is 15.0 Å². The number of benzene rings is 2. The van der Waals surface area contributed by atoms with E-state index in [-0.39, 0.29) is 24.3 Å². The highest BCUT2D eigenvalue weighted by Crippen LogP contribution is 2.27. The van der Waals surface area contributed by atoms with Crippen LogP contribution in [0.25, 0.3) is 10.2 Å². The van der Waals surface area contributed by atoms with Gasteiger partial charge in [-0.3, -0.25) is 4.72 Å². The third-order valence-corrected chi connectivity index (χ3v) is 5.42. The van der Waals surface area contributed by atoms with Crippen molar-refractivity contribution in [2.24, 2.45) is 0 Å². The molecule has 0 aliphatic carbocycles. The number of urea groups is 1. The molecule has 0 aliphatic rings. The zero-order valence-corrected chi connectivity index (χ0v) is 15.3. The second-order valence-electron chi connectivity index (χ2n) is 5.20. The standard InChI is InChI=1S/C17H15F2N3O2S2/c1-24-13-7-6-11(18)10(15(13)19)8-9-20-16(23)22-26-17-21-12-4-2-3-5-14(12)25-17/h2-7H,8-9H2,1H3,(H2,20,22,23). The minimum Gasteiger partial charge on any atom is -0.494 e. The van der Waals surface area contributed by atoms with E-state index in [1.807, 2.05) is 24.3 Å². The van der Waals surface area contributed by atoms with Gasteiger partial charge in [-0.2, -0.15) is 0 Å². The Bertz CT molecular complexity index is 901. The second kappa shape index (κ2) is 8.33. The van der Waals surface area contributed by atoms with Crippen molar-refractivity contribution < 1.29 is 18.3 Å². The van der Waals surface area contributed by atoms with Crippen molar-refractivity contribution >= 4 is 39.5 Å². The maximum Gasteiger partial charge on any atom is 0.325 e. The fourth-order valence-electron chi connectivity index (χ4n) is 2.28. The first-order valence-corrected chi connectivity index (χ1v) is 9.29. The van der Waals surface area contributed by atoms with Gasteiger partial charge in [-0.1, -0.05) is 12.1 Å². The fourth-order valence-corrected chi connectivity index (χ4v) is 3.94. The molecule has 26 heavy (non-hydrogen) atoms. The number of halogens is 2. The summed E-state index contributed by atoms with van der Waals surface area (Å²) < 4.78 is 36.9. The Morgan fingerprint density at radius 3 is 2.85 bits per heavy atom. The van der Waals surface area contributed by atoms with Gasteiger partial charge in [0.05, 0.1) is 17.3 Å². The number of nitrogens with one attached hydrogen (secondary N) is 2. The number of methoxy groups -OCH3 is 1. The number of nitrogens with zero attached hydrogens (tertiary/aromatic N) is 1. The molecule has 2 amide bonds. The molecule has 2 aromatic carbocycles. The number of hydrogen-bond donors (Lipinski definition) is 2. The van der Waals surface area contributed by atoms with Crippen LogP contribution in [0.15, 0.2) is 40.7 Å². The van der Waals surface area contributed by atoms with Crippen LogP contribution in [0.3, 0.4) is 0 Å². The first-order chi connectivity index (χ1) is 12.6. The summed E-state index contributed by atoms with van der Waals surface area (Å²) in [6, 6.07) is 9.57. The summed E-state index contributed by atoms with van der Waals surface area (Å²) in [4.78, 5) is 16.2. The normalized spacial score (nSPS) is 10.7.